The number of halogens is 1. The van der Waals surface area contributed by atoms with E-state index in [4.69, 9.17) is 4.52 Å². The van der Waals surface area contributed by atoms with Gasteiger partial charge in [0, 0.05) is 11.1 Å². The summed E-state index contributed by atoms with van der Waals surface area (Å²) in [6.45, 7) is -0.934. The normalized spacial score (nSPS) is 11.9. The molecule has 1 aromatic heterocycles. The van der Waals surface area contributed by atoms with Crippen molar-refractivity contribution in [2.45, 2.75) is 12.7 Å². The first kappa shape index (κ1) is 16.8. The highest BCUT2D eigenvalue weighted by atomic mass is 19.1. The molecule has 2 N–H and O–H groups in total. The summed E-state index contributed by atoms with van der Waals surface area (Å²) in [5.41, 5.74) is 1.66. The van der Waals surface area contributed by atoms with Crippen LogP contribution in [0.25, 0.3) is 11.4 Å². The van der Waals surface area contributed by atoms with Gasteiger partial charge in [-0.2, -0.15) is 4.98 Å². The molecule has 0 radical (unpaired) electrons. The maximum absolute atomic E-state index is 12.6. The van der Waals surface area contributed by atoms with Gasteiger partial charge in [0.05, 0.1) is 6.61 Å². The molecule has 3 aromatic rings. The molecule has 25 heavy (non-hydrogen) atoms. The quantitative estimate of drug-likeness (QED) is 0.720. The highest BCUT2D eigenvalue weighted by Gasteiger charge is 2.21. The Morgan fingerprint density at radius 1 is 1.16 bits per heavy atom. The van der Waals surface area contributed by atoms with Crippen molar-refractivity contribution in [2.75, 3.05) is 6.61 Å². The molecule has 0 bridgehead atoms. The fraction of sp³-hybridized carbons (Fsp3) is 0.167. The van der Waals surface area contributed by atoms with Crippen LogP contribution in [0.5, 0.6) is 0 Å². The Bertz CT molecular complexity index is 834. The molecule has 0 saturated carbocycles. The van der Waals surface area contributed by atoms with Crippen LogP contribution in [0.1, 0.15) is 27.9 Å². The Morgan fingerprint density at radius 3 is 2.52 bits per heavy atom. The van der Waals surface area contributed by atoms with Gasteiger partial charge in [0.25, 0.3) is 11.8 Å². The molecule has 0 aliphatic carbocycles. The van der Waals surface area contributed by atoms with E-state index in [2.05, 4.69) is 15.5 Å². The van der Waals surface area contributed by atoms with E-state index < -0.39 is 12.7 Å². The molecule has 128 valence electrons. The van der Waals surface area contributed by atoms with E-state index in [0.717, 1.165) is 0 Å². The molecule has 1 atom stereocenters. The number of hydrogen-bond acceptors (Lipinski definition) is 5. The lowest BCUT2D eigenvalue weighted by atomic mass is 10.1. The van der Waals surface area contributed by atoms with Gasteiger partial charge in [-0.1, -0.05) is 47.6 Å². The number of carbonyl (C=O) groups is 1. The van der Waals surface area contributed by atoms with Crippen LogP contribution in [0.4, 0.5) is 4.39 Å². The number of amides is 1. The molecule has 7 heteroatoms. The second-order valence-corrected chi connectivity index (χ2v) is 5.36. The molecular weight excluding hydrogens is 325 g/mol. The predicted octanol–water partition coefficient (Wildman–Crippen LogP) is 2.67. The Morgan fingerprint density at radius 2 is 1.88 bits per heavy atom. The van der Waals surface area contributed by atoms with E-state index in [1.54, 1.807) is 54.6 Å². The topological polar surface area (TPSA) is 88.2 Å². The smallest absolute Gasteiger partial charge is 0.251 e. The SMILES string of the molecule is O=C(NC(CO)c1nc(-c2ccc(CF)cc2)no1)c1ccccc1. The molecule has 1 unspecified atom stereocenters. The summed E-state index contributed by atoms with van der Waals surface area (Å²) in [4.78, 5) is 16.4. The average molecular weight is 341 g/mol. The van der Waals surface area contributed by atoms with E-state index in [1.807, 2.05) is 0 Å². The van der Waals surface area contributed by atoms with Gasteiger partial charge in [-0.15, -0.1) is 0 Å². The molecule has 0 spiro atoms. The molecule has 0 saturated heterocycles. The number of benzene rings is 2. The number of alkyl halides is 1. The molecule has 2 aromatic carbocycles. The average Bonchev–Trinajstić information content (AvgIpc) is 3.16. The van der Waals surface area contributed by atoms with E-state index in [0.29, 0.717) is 22.5 Å². The van der Waals surface area contributed by atoms with Crippen LogP contribution in [-0.4, -0.2) is 27.8 Å². The van der Waals surface area contributed by atoms with E-state index in [-0.39, 0.29) is 18.4 Å². The van der Waals surface area contributed by atoms with Gasteiger partial charge in [0.1, 0.15) is 12.7 Å². The van der Waals surface area contributed by atoms with Crippen LogP contribution < -0.4 is 5.32 Å². The number of carbonyl (C=O) groups excluding carboxylic acids is 1. The second kappa shape index (κ2) is 7.67. The van der Waals surface area contributed by atoms with Crippen molar-refractivity contribution in [2.24, 2.45) is 0 Å². The maximum atomic E-state index is 12.6. The van der Waals surface area contributed by atoms with E-state index in [9.17, 15) is 14.3 Å². The van der Waals surface area contributed by atoms with Crippen LogP contribution in [0, 0.1) is 0 Å². The zero-order valence-electron chi connectivity index (χ0n) is 13.2. The number of aliphatic hydroxyl groups is 1. The van der Waals surface area contributed by atoms with Gasteiger partial charge in [0.15, 0.2) is 0 Å². The minimum Gasteiger partial charge on any atom is -0.394 e. The highest BCUT2D eigenvalue weighted by molar-refractivity contribution is 5.94. The summed E-state index contributed by atoms with van der Waals surface area (Å²) < 4.78 is 17.7. The van der Waals surface area contributed by atoms with Gasteiger partial charge in [-0.05, 0) is 17.7 Å². The molecule has 6 nitrogen and oxygen atoms in total. The van der Waals surface area contributed by atoms with Crippen molar-refractivity contribution in [3.63, 3.8) is 0 Å². The first-order valence-corrected chi connectivity index (χ1v) is 7.67. The summed E-state index contributed by atoms with van der Waals surface area (Å²) in [7, 11) is 0. The standard InChI is InChI=1S/C18H16FN3O3/c19-10-12-6-8-13(9-7-12)16-21-18(25-22-16)15(11-23)20-17(24)14-4-2-1-3-5-14/h1-9,15,23H,10-11H2,(H,20,24). The molecule has 0 aliphatic heterocycles. The number of aliphatic hydroxyl groups excluding tert-OH is 1. The van der Waals surface area contributed by atoms with E-state index >= 15 is 0 Å². The van der Waals surface area contributed by atoms with Crippen LogP contribution in [0.3, 0.4) is 0 Å². The van der Waals surface area contributed by atoms with Gasteiger partial charge < -0.3 is 14.9 Å². The van der Waals surface area contributed by atoms with E-state index in [1.165, 1.54) is 0 Å². The Kier molecular flexibility index (Phi) is 5.15. The summed E-state index contributed by atoms with van der Waals surface area (Å²) in [5.74, 6) is 0.0378. The van der Waals surface area contributed by atoms with Gasteiger partial charge in [-0.25, -0.2) is 4.39 Å². The predicted molar refractivity (Wildman–Crippen MR) is 88.3 cm³/mol. The van der Waals surface area contributed by atoms with Gasteiger partial charge in [-0.3, -0.25) is 4.79 Å². The Labute approximate surface area is 143 Å². The summed E-state index contributed by atoms with van der Waals surface area (Å²) in [6.07, 6.45) is 0. The van der Waals surface area contributed by atoms with Crippen LogP contribution in [0.15, 0.2) is 59.1 Å². The van der Waals surface area contributed by atoms with Crippen molar-refractivity contribution in [3.05, 3.63) is 71.6 Å². The van der Waals surface area contributed by atoms with Gasteiger partial charge >= 0.3 is 0 Å². The molecular formula is C18H16FN3O3. The Hall–Kier alpha value is -3.06. The van der Waals surface area contributed by atoms with Gasteiger partial charge in [0.2, 0.25) is 5.82 Å². The lowest BCUT2D eigenvalue weighted by Gasteiger charge is -2.11. The third-order valence-electron chi connectivity index (χ3n) is 3.63. The molecule has 1 heterocycles. The van der Waals surface area contributed by atoms with Crippen molar-refractivity contribution in [1.82, 2.24) is 15.5 Å². The van der Waals surface area contributed by atoms with Crippen molar-refractivity contribution >= 4 is 5.91 Å². The number of hydrogen-bond donors (Lipinski definition) is 2. The van der Waals surface area contributed by atoms with Crippen LogP contribution in [-0.2, 0) is 6.67 Å². The highest BCUT2D eigenvalue weighted by Crippen LogP contribution is 2.20. The largest absolute Gasteiger partial charge is 0.394 e. The third kappa shape index (κ3) is 3.89. The number of aromatic nitrogens is 2. The first-order chi connectivity index (χ1) is 12.2. The lowest BCUT2D eigenvalue weighted by Crippen LogP contribution is -2.31. The second-order valence-electron chi connectivity index (χ2n) is 5.36. The van der Waals surface area contributed by atoms with Crippen molar-refractivity contribution in [1.29, 1.82) is 0 Å². The molecule has 0 fully saturated rings. The zero-order valence-corrected chi connectivity index (χ0v) is 13.2. The Balaban J connectivity index is 1.75. The summed E-state index contributed by atoms with van der Waals surface area (Å²) >= 11 is 0. The van der Waals surface area contributed by atoms with Crippen LogP contribution in [0.2, 0.25) is 0 Å². The minimum atomic E-state index is -0.820. The van der Waals surface area contributed by atoms with Crippen molar-refractivity contribution in [3.8, 4) is 11.4 Å². The molecule has 0 aliphatic rings. The van der Waals surface area contributed by atoms with Crippen LogP contribution >= 0.6 is 0 Å². The first-order valence-electron chi connectivity index (χ1n) is 7.67. The number of nitrogens with zero attached hydrogens (tertiary/aromatic N) is 2. The molecule has 3 rings (SSSR count). The van der Waals surface area contributed by atoms with Crippen molar-refractivity contribution < 1.29 is 18.8 Å². The fourth-order valence-corrected chi connectivity index (χ4v) is 2.25. The number of nitrogens with one attached hydrogen (secondary N) is 1. The summed E-state index contributed by atoms with van der Waals surface area (Å²) in [5, 5.41) is 16.0. The molecule has 1 amide bonds. The zero-order chi connectivity index (χ0) is 17.6. The maximum Gasteiger partial charge on any atom is 0.251 e. The lowest BCUT2D eigenvalue weighted by molar-refractivity contribution is 0.0901. The minimum absolute atomic E-state index is 0.0938. The number of rotatable bonds is 6. The summed E-state index contributed by atoms with van der Waals surface area (Å²) in [6, 6.07) is 14.4. The fourth-order valence-electron chi connectivity index (χ4n) is 2.25. The monoisotopic (exact) mass is 341 g/mol. The third-order valence-corrected chi connectivity index (χ3v) is 3.63.